The van der Waals surface area contributed by atoms with Gasteiger partial charge in [-0.25, -0.2) is 0 Å². The van der Waals surface area contributed by atoms with Crippen LogP contribution in [0.25, 0.3) is 6.08 Å². The topological polar surface area (TPSA) is 71.4 Å². The number of carbonyl (C=O) groups is 1. The highest BCUT2D eigenvalue weighted by molar-refractivity contribution is 6.01. The number of ether oxygens (including phenoxy) is 2. The van der Waals surface area contributed by atoms with Gasteiger partial charge in [-0.2, -0.15) is 5.26 Å². The number of nitriles is 1. The number of benzene rings is 2. The van der Waals surface area contributed by atoms with Crippen LogP contribution in [0.3, 0.4) is 0 Å². The SMILES string of the molecule is N#Cc1cccc(/C=C/C(=O)Nc2ccc(O[C@@H]3CCOC3)cc2)c1. The van der Waals surface area contributed by atoms with Gasteiger partial charge in [-0.3, -0.25) is 4.79 Å². The Hall–Kier alpha value is -3.10. The van der Waals surface area contributed by atoms with Crippen LogP contribution in [0.4, 0.5) is 5.69 Å². The second-order valence-corrected chi connectivity index (χ2v) is 5.69. The van der Waals surface area contributed by atoms with E-state index in [0.29, 0.717) is 17.9 Å². The standard InChI is InChI=1S/C20H18N2O3/c21-13-16-3-1-2-15(12-16)4-9-20(23)22-17-5-7-18(8-6-17)25-19-10-11-24-14-19/h1-9,12,19H,10-11,14H2,(H,22,23)/b9-4+/t19-/m1/s1. The second-order valence-electron chi connectivity index (χ2n) is 5.69. The summed E-state index contributed by atoms with van der Waals surface area (Å²) < 4.78 is 11.1. The highest BCUT2D eigenvalue weighted by Crippen LogP contribution is 2.19. The van der Waals surface area contributed by atoms with Crippen LogP contribution >= 0.6 is 0 Å². The van der Waals surface area contributed by atoms with Crippen molar-refractivity contribution in [2.24, 2.45) is 0 Å². The van der Waals surface area contributed by atoms with E-state index in [1.807, 2.05) is 18.2 Å². The zero-order chi connectivity index (χ0) is 17.5. The normalized spacial score (nSPS) is 16.5. The van der Waals surface area contributed by atoms with E-state index in [1.54, 1.807) is 36.4 Å². The van der Waals surface area contributed by atoms with Crippen LogP contribution in [0.15, 0.2) is 54.6 Å². The highest BCUT2D eigenvalue weighted by Gasteiger charge is 2.16. The van der Waals surface area contributed by atoms with Crippen LogP contribution in [0.1, 0.15) is 17.5 Å². The predicted molar refractivity (Wildman–Crippen MR) is 95.1 cm³/mol. The molecule has 2 aromatic carbocycles. The van der Waals surface area contributed by atoms with Crippen LogP contribution < -0.4 is 10.1 Å². The Morgan fingerprint density at radius 3 is 2.84 bits per heavy atom. The molecule has 0 aliphatic carbocycles. The Balaban J connectivity index is 1.55. The molecular weight excluding hydrogens is 316 g/mol. The third kappa shape index (κ3) is 4.93. The van der Waals surface area contributed by atoms with Crippen molar-refractivity contribution >= 4 is 17.7 Å². The molecule has 1 atom stereocenters. The summed E-state index contributed by atoms with van der Waals surface area (Å²) in [6.45, 7) is 1.36. The van der Waals surface area contributed by atoms with Gasteiger partial charge in [0.25, 0.3) is 0 Å². The van der Waals surface area contributed by atoms with Crippen molar-refractivity contribution in [3.8, 4) is 11.8 Å². The van der Waals surface area contributed by atoms with Crippen molar-refractivity contribution in [3.63, 3.8) is 0 Å². The Morgan fingerprint density at radius 1 is 1.28 bits per heavy atom. The van der Waals surface area contributed by atoms with E-state index in [4.69, 9.17) is 14.7 Å². The summed E-state index contributed by atoms with van der Waals surface area (Å²) in [6.07, 6.45) is 4.12. The molecule has 5 heteroatoms. The lowest BCUT2D eigenvalue weighted by Crippen LogP contribution is -2.15. The van der Waals surface area contributed by atoms with Crippen LogP contribution in [-0.2, 0) is 9.53 Å². The Morgan fingerprint density at radius 2 is 2.12 bits per heavy atom. The van der Waals surface area contributed by atoms with E-state index in [2.05, 4.69) is 11.4 Å². The van der Waals surface area contributed by atoms with Gasteiger partial charge in [0, 0.05) is 18.2 Å². The first kappa shape index (κ1) is 16.7. The third-order valence-electron chi connectivity index (χ3n) is 3.76. The minimum Gasteiger partial charge on any atom is -0.488 e. The molecular formula is C20H18N2O3. The lowest BCUT2D eigenvalue weighted by atomic mass is 10.1. The number of hydrogen-bond acceptors (Lipinski definition) is 4. The third-order valence-corrected chi connectivity index (χ3v) is 3.76. The smallest absolute Gasteiger partial charge is 0.248 e. The van der Waals surface area contributed by atoms with Gasteiger partial charge in [0.1, 0.15) is 11.9 Å². The summed E-state index contributed by atoms with van der Waals surface area (Å²) >= 11 is 0. The first-order valence-corrected chi connectivity index (χ1v) is 8.06. The number of anilines is 1. The first-order valence-electron chi connectivity index (χ1n) is 8.06. The summed E-state index contributed by atoms with van der Waals surface area (Å²) in [4.78, 5) is 12.0. The maximum Gasteiger partial charge on any atom is 0.248 e. The molecule has 1 aliphatic rings. The van der Waals surface area contributed by atoms with E-state index in [9.17, 15) is 4.79 Å². The average molecular weight is 334 g/mol. The van der Waals surface area contributed by atoms with Crippen LogP contribution in [0.2, 0.25) is 0 Å². The van der Waals surface area contributed by atoms with Gasteiger partial charge in [0.05, 0.1) is 24.8 Å². The summed E-state index contributed by atoms with van der Waals surface area (Å²) in [6, 6.07) is 16.4. The zero-order valence-electron chi connectivity index (χ0n) is 13.6. The van der Waals surface area contributed by atoms with E-state index in [-0.39, 0.29) is 12.0 Å². The molecule has 0 bridgehead atoms. The van der Waals surface area contributed by atoms with Crippen molar-refractivity contribution < 1.29 is 14.3 Å². The molecule has 0 radical (unpaired) electrons. The Bertz CT molecular complexity index is 800. The quantitative estimate of drug-likeness (QED) is 0.851. The summed E-state index contributed by atoms with van der Waals surface area (Å²) in [5.74, 6) is 0.526. The Labute approximate surface area is 146 Å². The summed E-state index contributed by atoms with van der Waals surface area (Å²) in [7, 11) is 0. The molecule has 0 unspecified atom stereocenters. The molecule has 1 fully saturated rings. The van der Waals surface area contributed by atoms with Crippen molar-refractivity contribution in [1.29, 1.82) is 5.26 Å². The molecule has 1 saturated heterocycles. The fraction of sp³-hybridized carbons (Fsp3) is 0.200. The zero-order valence-corrected chi connectivity index (χ0v) is 13.6. The van der Waals surface area contributed by atoms with Crippen LogP contribution in [0.5, 0.6) is 5.75 Å². The van der Waals surface area contributed by atoms with Crippen molar-refractivity contribution in [3.05, 3.63) is 65.7 Å². The molecule has 126 valence electrons. The fourth-order valence-electron chi connectivity index (χ4n) is 2.48. The van der Waals surface area contributed by atoms with Gasteiger partial charge in [-0.1, -0.05) is 12.1 Å². The molecule has 1 heterocycles. The number of rotatable bonds is 5. The molecule has 3 rings (SSSR count). The molecule has 5 nitrogen and oxygen atoms in total. The van der Waals surface area contributed by atoms with Crippen molar-refractivity contribution in [1.82, 2.24) is 0 Å². The Kier molecular flexibility index (Phi) is 5.45. The molecule has 1 aliphatic heterocycles. The molecule has 25 heavy (non-hydrogen) atoms. The highest BCUT2D eigenvalue weighted by atomic mass is 16.5. The van der Waals surface area contributed by atoms with Gasteiger partial charge in [-0.15, -0.1) is 0 Å². The number of amides is 1. The van der Waals surface area contributed by atoms with Gasteiger partial charge in [-0.05, 0) is 48.0 Å². The van der Waals surface area contributed by atoms with Gasteiger partial charge < -0.3 is 14.8 Å². The van der Waals surface area contributed by atoms with Crippen LogP contribution in [-0.4, -0.2) is 25.2 Å². The van der Waals surface area contributed by atoms with Crippen molar-refractivity contribution in [2.75, 3.05) is 18.5 Å². The summed E-state index contributed by atoms with van der Waals surface area (Å²) in [5.41, 5.74) is 2.05. The van der Waals surface area contributed by atoms with E-state index in [0.717, 1.165) is 24.3 Å². The first-order chi connectivity index (χ1) is 12.2. The van der Waals surface area contributed by atoms with Gasteiger partial charge in [0.2, 0.25) is 5.91 Å². The van der Waals surface area contributed by atoms with Crippen LogP contribution in [0, 0.1) is 11.3 Å². The molecule has 1 amide bonds. The minimum absolute atomic E-state index is 0.104. The number of nitrogens with one attached hydrogen (secondary N) is 1. The molecule has 0 saturated carbocycles. The van der Waals surface area contributed by atoms with Crippen molar-refractivity contribution in [2.45, 2.75) is 12.5 Å². The van der Waals surface area contributed by atoms with E-state index in [1.165, 1.54) is 6.08 Å². The predicted octanol–water partition coefficient (Wildman–Crippen LogP) is 3.38. The van der Waals surface area contributed by atoms with Gasteiger partial charge >= 0.3 is 0 Å². The average Bonchev–Trinajstić information content (AvgIpc) is 3.15. The number of carbonyl (C=O) groups excluding carboxylic acids is 1. The minimum atomic E-state index is -0.236. The fourth-order valence-corrected chi connectivity index (χ4v) is 2.48. The van der Waals surface area contributed by atoms with Gasteiger partial charge in [0.15, 0.2) is 0 Å². The molecule has 0 aromatic heterocycles. The van der Waals surface area contributed by atoms with E-state index >= 15 is 0 Å². The lowest BCUT2D eigenvalue weighted by Gasteiger charge is -2.12. The molecule has 2 aromatic rings. The molecule has 1 N–H and O–H groups in total. The monoisotopic (exact) mass is 334 g/mol. The number of hydrogen-bond donors (Lipinski definition) is 1. The largest absolute Gasteiger partial charge is 0.488 e. The maximum absolute atomic E-state index is 12.0. The van der Waals surface area contributed by atoms with E-state index < -0.39 is 0 Å². The second kappa shape index (κ2) is 8.13. The molecule has 0 spiro atoms. The summed E-state index contributed by atoms with van der Waals surface area (Å²) in [5, 5.41) is 11.7. The maximum atomic E-state index is 12.0. The number of nitrogens with zero attached hydrogens (tertiary/aromatic N) is 1. The lowest BCUT2D eigenvalue weighted by molar-refractivity contribution is -0.111.